The van der Waals surface area contributed by atoms with Crippen molar-refractivity contribution in [1.29, 1.82) is 0 Å². The fourth-order valence-electron chi connectivity index (χ4n) is 12.3. The van der Waals surface area contributed by atoms with Crippen molar-refractivity contribution in [1.82, 2.24) is 15.0 Å². The SMILES string of the molecule is O=S1(=O)c2ccccc2C2(c3cc(-c4nc(-c5ccccc5)nc(-c5cccc(-c6ccc(N7c8ccccc8Oc8ccccc87)cc6)c5)n4)ccc31)C1CC3CC(C1)CC2C3. The summed E-state index contributed by atoms with van der Waals surface area (Å²) in [6.45, 7) is 0. The van der Waals surface area contributed by atoms with Gasteiger partial charge in [0, 0.05) is 27.8 Å². The van der Waals surface area contributed by atoms with Gasteiger partial charge in [0.05, 0.1) is 21.2 Å². The van der Waals surface area contributed by atoms with Gasteiger partial charge in [-0.25, -0.2) is 23.4 Å². The lowest BCUT2D eigenvalue weighted by Gasteiger charge is -2.63. The Hall–Kier alpha value is -6.90. The van der Waals surface area contributed by atoms with Crippen LogP contribution in [0.2, 0.25) is 0 Å². The molecule has 1 spiro atoms. The minimum absolute atomic E-state index is 0.364. The van der Waals surface area contributed by atoms with E-state index in [1.165, 1.54) is 6.42 Å². The molecule has 4 saturated carbocycles. The van der Waals surface area contributed by atoms with E-state index in [9.17, 15) is 8.42 Å². The number of benzene rings is 7. The molecule has 0 amide bonds. The molecule has 0 N–H and O–H groups in total. The Labute approximate surface area is 367 Å². The molecule has 4 fully saturated rings. The highest BCUT2D eigenvalue weighted by molar-refractivity contribution is 7.91. The molecule has 6 aliphatic rings. The van der Waals surface area contributed by atoms with Gasteiger partial charge in [-0.2, -0.15) is 0 Å². The summed E-state index contributed by atoms with van der Waals surface area (Å²) >= 11 is 0. The third kappa shape index (κ3) is 5.56. The van der Waals surface area contributed by atoms with Crippen LogP contribution in [0.25, 0.3) is 45.3 Å². The zero-order chi connectivity index (χ0) is 41.9. The number of fused-ring (bicyclic) bond motifs is 4. The minimum atomic E-state index is -3.74. The zero-order valence-electron chi connectivity index (χ0n) is 34.4. The van der Waals surface area contributed by atoms with Crippen molar-refractivity contribution in [3.8, 4) is 56.8 Å². The Morgan fingerprint density at radius 1 is 0.460 bits per heavy atom. The van der Waals surface area contributed by atoms with Gasteiger partial charge in [0.25, 0.3) is 0 Å². The smallest absolute Gasteiger partial charge is 0.207 e. The molecule has 14 rings (SSSR count). The van der Waals surface area contributed by atoms with Gasteiger partial charge >= 0.3 is 0 Å². The standard InChI is InChI=1S/C55H42N4O3S/c60-63(61)50-20-9-4-15-44(50)55(41-28-34-27-35(30-41)31-42(55)29-34)45-33-40(23-26-51(45)63)54-57-52(37-11-2-1-3-12-37)56-53(58-54)39-14-10-13-38(32-39)36-21-24-43(25-22-36)59-46-16-5-7-18-48(46)62-49-19-8-6-17-47(49)59/h1-26,32-35,41-42H,27-31H2. The Bertz CT molecular complexity index is 3190. The van der Waals surface area contributed by atoms with Crippen LogP contribution in [0.3, 0.4) is 0 Å². The number of sulfone groups is 1. The van der Waals surface area contributed by atoms with Gasteiger partial charge in [-0.1, -0.05) is 103 Å². The van der Waals surface area contributed by atoms with E-state index in [1.54, 1.807) is 0 Å². The Kier molecular flexibility index (Phi) is 8.04. The van der Waals surface area contributed by atoms with Gasteiger partial charge in [0.1, 0.15) is 0 Å². The number of para-hydroxylation sites is 4. The average molecular weight is 839 g/mol. The van der Waals surface area contributed by atoms with Crippen LogP contribution < -0.4 is 9.64 Å². The lowest BCUT2D eigenvalue weighted by Crippen LogP contribution is -2.57. The summed E-state index contributed by atoms with van der Waals surface area (Å²) in [6.07, 6.45) is 5.90. The van der Waals surface area contributed by atoms with Gasteiger partial charge in [0.15, 0.2) is 29.0 Å². The third-order valence-electron chi connectivity index (χ3n) is 14.7. The minimum Gasteiger partial charge on any atom is -0.453 e. The number of rotatable bonds is 5. The van der Waals surface area contributed by atoms with Crippen molar-refractivity contribution < 1.29 is 13.2 Å². The fourth-order valence-corrected chi connectivity index (χ4v) is 14.1. The highest BCUT2D eigenvalue weighted by Crippen LogP contribution is 2.68. The molecule has 8 aromatic rings. The second-order valence-electron chi connectivity index (χ2n) is 18.1. The van der Waals surface area contributed by atoms with Crippen molar-refractivity contribution in [3.05, 3.63) is 181 Å². The van der Waals surface area contributed by atoms with E-state index in [-0.39, 0.29) is 5.41 Å². The summed E-state index contributed by atoms with van der Waals surface area (Å²) in [5.41, 5.74) is 9.22. The summed E-state index contributed by atoms with van der Waals surface area (Å²) in [5, 5.41) is 0. The highest BCUT2D eigenvalue weighted by atomic mass is 32.2. The Morgan fingerprint density at radius 2 is 0.984 bits per heavy atom. The first-order valence-electron chi connectivity index (χ1n) is 22.1. The number of hydrogen-bond donors (Lipinski definition) is 0. The number of nitrogens with zero attached hydrogens (tertiary/aromatic N) is 4. The molecule has 8 heteroatoms. The molecule has 0 unspecified atom stereocenters. The first-order valence-corrected chi connectivity index (χ1v) is 23.6. The molecular weight excluding hydrogens is 797 g/mol. The molecule has 4 aliphatic carbocycles. The Morgan fingerprint density at radius 3 is 1.67 bits per heavy atom. The molecular formula is C55H42N4O3S. The summed E-state index contributed by atoms with van der Waals surface area (Å²) in [7, 11) is -3.74. The second kappa shape index (κ2) is 13.8. The Balaban J connectivity index is 0.918. The highest BCUT2D eigenvalue weighted by Gasteiger charge is 2.62. The van der Waals surface area contributed by atoms with Gasteiger partial charge in [-0.3, -0.25) is 0 Å². The van der Waals surface area contributed by atoms with Crippen molar-refractivity contribution >= 4 is 26.9 Å². The van der Waals surface area contributed by atoms with Crippen LogP contribution >= 0.6 is 0 Å². The van der Waals surface area contributed by atoms with Crippen LogP contribution in [0.1, 0.15) is 43.2 Å². The topological polar surface area (TPSA) is 85.3 Å². The van der Waals surface area contributed by atoms with Crippen LogP contribution in [-0.2, 0) is 15.3 Å². The van der Waals surface area contributed by atoms with E-state index in [1.807, 2.05) is 103 Å². The molecule has 4 bridgehead atoms. The van der Waals surface area contributed by atoms with Crippen molar-refractivity contribution in [2.24, 2.45) is 23.7 Å². The van der Waals surface area contributed by atoms with Crippen molar-refractivity contribution in [3.63, 3.8) is 0 Å². The third-order valence-corrected chi connectivity index (χ3v) is 16.6. The molecule has 0 atom stereocenters. The molecule has 1 aromatic heterocycles. The van der Waals surface area contributed by atoms with Crippen LogP contribution in [0.4, 0.5) is 17.1 Å². The molecule has 7 aromatic carbocycles. The number of aromatic nitrogens is 3. The maximum atomic E-state index is 14.5. The van der Waals surface area contributed by atoms with Gasteiger partial charge in [-0.05, 0) is 145 Å². The molecule has 306 valence electrons. The lowest BCUT2D eigenvalue weighted by molar-refractivity contribution is -0.0446. The largest absolute Gasteiger partial charge is 0.453 e. The average Bonchev–Trinajstić information content (AvgIpc) is 3.33. The monoisotopic (exact) mass is 838 g/mol. The number of ether oxygens (including phenoxy) is 1. The normalized spacial score (nSPS) is 23.0. The predicted octanol–water partition coefficient (Wildman–Crippen LogP) is 13.0. The van der Waals surface area contributed by atoms with Crippen LogP contribution in [0.15, 0.2) is 180 Å². The first kappa shape index (κ1) is 36.7. The number of anilines is 3. The van der Waals surface area contributed by atoms with E-state index < -0.39 is 9.84 Å². The maximum Gasteiger partial charge on any atom is 0.207 e. The van der Waals surface area contributed by atoms with E-state index in [0.717, 1.165) is 105 Å². The number of hydrogen-bond acceptors (Lipinski definition) is 7. The summed E-state index contributed by atoms with van der Waals surface area (Å²) < 4.78 is 35.3. The van der Waals surface area contributed by atoms with Gasteiger partial charge in [0.2, 0.25) is 9.84 Å². The van der Waals surface area contributed by atoms with E-state index >= 15 is 0 Å². The zero-order valence-corrected chi connectivity index (χ0v) is 35.2. The second-order valence-corrected chi connectivity index (χ2v) is 19.9. The van der Waals surface area contributed by atoms with E-state index in [2.05, 4.69) is 71.6 Å². The molecule has 0 saturated heterocycles. The summed E-state index contributed by atoms with van der Waals surface area (Å²) in [5.74, 6) is 5.52. The van der Waals surface area contributed by atoms with Crippen LogP contribution in [0.5, 0.6) is 11.5 Å². The van der Waals surface area contributed by atoms with E-state index in [4.69, 9.17) is 19.7 Å². The van der Waals surface area contributed by atoms with Crippen LogP contribution in [0, 0.1) is 23.7 Å². The molecule has 3 heterocycles. The molecule has 63 heavy (non-hydrogen) atoms. The first-order chi connectivity index (χ1) is 30.9. The summed E-state index contributed by atoms with van der Waals surface area (Å²) in [6, 6.07) is 57.0. The molecule has 2 aliphatic heterocycles. The molecule has 7 nitrogen and oxygen atoms in total. The maximum absolute atomic E-state index is 14.5. The van der Waals surface area contributed by atoms with Crippen molar-refractivity contribution in [2.75, 3.05) is 4.90 Å². The fraction of sp³-hybridized carbons (Fsp3) is 0.182. The van der Waals surface area contributed by atoms with Crippen molar-refractivity contribution in [2.45, 2.75) is 47.3 Å². The quantitative estimate of drug-likeness (QED) is 0.171. The van der Waals surface area contributed by atoms with Gasteiger partial charge < -0.3 is 9.64 Å². The van der Waals surface area contributed by atoms with Gasteiger partial charge in [-0.15, -0.1) is 0 Å². The van der Waals surface area contributed by atoms with Crippen LogP contribution in [-0.4, -0.2) is 23.4 Å². The summed E-state index contributed by atoms with van der Waals surface area (Å²) in [4.78, 5) is 18.6. The van der Waals surface area contributed by atoms with E-state index in [0.29, 0.717) is 39.1 Å². The molecule has 0 radical (unpaired) electrons. The lowest BCUT2D eigenvalue weighted by atomic mass is 9.42. The predicted molar refractivity (Wildman–Crippen MR) is 246 cm³/mol.